The molecule has 0 fully saturated rings. The third-order valence-corrected chi connectivity index (χ3v) is 3.22. The van der Waals surface area contributed by atoms with Crippen LogP contribution in [0, 0.1) is 5.92 Å². The Hall–Kier alpha value is -2.10. The van der Waals surface area contributed by atoms with E-state index < -0.39 is 11.1 Å². The molecule has 20 heavy (non-hydrogen) atoms. The van der Waals surface area contributed by atoms with Gasteiger partial charge in [0.2, 0.25) is 0 Å². The molecule has 0 spiro atoms. The quantitative estimate of drug-likeness (QED) is 0.801. The van der Waals surface area contributed by atoms with Crippen LogP contribution in [0.5, 0.6) is 0 Å². The largest absolute Gasteiger partial charge is 0.320 e. The first-order chi connectivity index (χ1) is 9.52. The molecule has 1 heterocycles. The van der Waals surface area contributed by atoms with Crippen LogP contribution in [0.15, 0.2) is 46.2 Å². The van der Waals surface area contributed by atoms with Crippen molar-refractivity contribution in [2.45, 2.75) is 33.7 Å². The zero-order valence-corrected chi connectivity index (χ0v) is 12.2. The van der Waals surface area contributed by atoms with Gasteiger partial charge in [0, 0.05) is 24.6 Å². The molecule has 1 aromatic heterocycles. The van der Waals surface area contributed by atoms with Crippen molar-refractivity contribution in [3.05, 3.63) is 62.9 Å². The van der Waals surface area contributed by atoms with Crippen LogP contribution < -0.4 is 11.1 Å². The molecule has 0 atom stereocenters. The average Bonchev–Trinajstić information content (AvgIpc) is 2.44. The summed E-state index contributed by atoms with van der Waals surface area (Å²) < 4.78 is 2.89. The number of nitrogens with zero attached hydrogens (tertiary/aromatic N) is 2. The number of hydrogen-bond acceptors (Lipinski definition) is 2. The van der Waals surface area contributed by atoms with Crippen LogP contribution in [0.2, 0.25) is 0 Å². The van der Waals surface area contributed by atoms with Gasteiger partial charge in [-0.1, -0.05) is 32.9 Å². The van der Waals surface area contributed by atoms with Gasteiger partial charge in [0.25, 0.3) is 0 Å². The van der Waals surface area contributed by atoms with Crippen LogP contribution in [0.3, 0.4) is 0 Å². The molecule has 106 valence electrons. The van der Waals surface area contributed by atoms with E-state index in [0.29, 0.717) is 12.5 Å². The second-order valence-corrected chi connectivity index (χ2v) is 5.35. The summed E-state index contributed by atoms with van der Waals surface area (Å²) in [6.45, 7) is 6.65. The summed E-state index contributed by atoms with van der Waals surface area (Å²) in [4.78, 5) is 24.3. The number of benzene rings is 1. The molecule has 0 aliphatic rings. The Morgan fingerprint density at radius 2 is 1.85 bits per heavy atom. The lowest BCUT2D eigenvalue weighted by Gasteiger charge is -2.11. The van der Waals surface area contributed by atoms with Crippen LogP contribution in [-0.4, -0.2) is 9.13 Å². The highest BCUT2D eigenvalue weighted by molar-refractivity contribution is 5.35. The highest BCUT2D eigenvalue weighted by Crippen LogP contribution is 2.08. The molecular weight excluding hydrogens is 252 g/mol. The van der Waals surface area contributed by atoms with E-state index in [0.717, 1.165) is 17.7 Å². The normalized spacial score (nSPS) is 11.0. The molecular formula is C16H20N2O2. The van der Waals surface area contributed by atoms with Crippen LogP contribution in [0.1, 0.15) is 26.3 Å². The van der Waals surface area contributed by atoms with E-state index in [9.17, 15) is 9.59 Å². The molecule has 0 aliphatic heterocycles. The van der Waals surface area contributed by atoms with Gasteiger partial charge < -0.3 is 4.57 Å². The third-order valence-electron chi connectivity index (χ3n) is 3.22. The van der Waals surface area contributed by atoms with Crippen molar-refractivity contribution in [1.29, 1.82) is 0 Å². The van der Waals surface area contributed by atoms with Crippen molar-refractivity contribution in [3.63, 3.8) is 0 Å². The molecule has 4 heteroatoms. The van der Waals surface area contributed by atoms with Crippen molar-refractivity contribution in [1.82, 2.24) is 9.13 Å². The van der Waals surface area contributed by atoms with E-state index in [-0.39, 0.29) is 0 Å². The van der Waals surface area contributed by atoms with Crippen LogP contribution in [0.25, 0.3) is 5.69 Å². The maximum absolute atomic E-state index is 12.2. The molecule has 0 saturated heterocycles. The Bertz CT molecular complexity index is 711. The third kappa shape index (κ3) is 2.90. The first-order valence-corrected chi connectivity index (χ1v) is 6.94. The summed E-state index contributed by atoms with van der Waals surface area (Å²) in [5.41, 5.74) is 0.911. The average molecular weight is 272 g/mol. The molecule has 0 bridgehead atoms. The molecule has 0 unspecified atom stereocenters. The van der Waals surface area contributed by atoms with Gasteiger partial charge in [-0.3, -0.25) is 14.2 Å². The monoisotopic (exact) mass is 272 g/mol. The second kappa shape index (κ2) is 5.90. The van der Waals surface area contributed by atoms with Crippen LogP contribution in [0.4, 0.5) is 0 Å². The summed E-state index contributed by atoms with van der Waals surface area (Å²) >= 11 is 0. The molecule has 0 N–H and O–H groups in total. The Labute approximate surface area is 118 Å². The Kier molecular flexibility index (Phi) is 4.23. The van der Waals surface area contributed by atoms with E-state index in [1.165, 1.54) is 9.13 Å². The molecule has 0 amide bonds. The maximum Gasteiger partial charge on any atom is 0.320 e. The number of aromatic nitrogens is 2. The van der Waals surface area contributed by atoms with E-state index in [4.69, 9.17) is 0 Å². The number of aryl methyl sites for hydroxylation is 1. The minimum absolute atomic E-state index is 0.325. The highest BCUT2D eigenvalue weighted by atomic mass is 16.2. The van der Waals surface area contributed by atoms with Gasteiger partial charge in [0.1, 0.15) is 0 Å². The Morgan fingerprint density at radius 1 is 1.10 bits per heavy atom. The minimum atomic E-state index is -0.499. The molecule has 2 aromatic rings. The van der Waals surface area contributed by atoms with Gasteiger partial charge >= 0.3 is 11.1 Å². The smallest absolute Gasteiger partial charge is 0.309 e. The molecule has 1 aromatic carbocycles. The molecule has 0 aliphatic carbocycles. The molecule has 0 radical (unpaired) electrons. The fourth-order valence-corrected chi connectivity index (χ4v) is 2.18. The summed E-state index contributed by atoms with van der Waals surface area (Å²) in [7, 11) is 0. The zero-order chi connectivity index (χ0) is 14.7. The lowest BCUT2D eigenvalue weighted by atomic mass is 10.1. The molecule has 0 saturated carbocycles. The lowest BCUT2D eigenvalue weighted by Crippen LogP contribution is -2.40. The Morgan fingerprint density at radius 3 is 2.50 bits per heavy atom. The van der Waals surface area contributed by atoms with Crippen molar-refractivity contribution in [3.8, 4) is 5.69 Å². The first-order valence-electron chi connectivity index (χ1n) is 6.94. The maximum atomic E-state index is 12.2. The fraction of sp³-hybridized carbons (Fsp3) is 0.375. The summed E-state index contributed by atoms with van der Waals surface area (Å²) in [6, 6.07) is 7.69. The summed E-state index contributed by atoms with van der Waals surface area (Å²) in [5, 5.41) is 0. The van der Waals surface area contributed by atoms with Gasteiger partial charge in [-0.15, -0.1) is 0 Å². The number of hydrogen-bond donors (Lipinski definition) is 0. The van der Waals surface area contributed by atoms with Crippen molar-refractivity contribution in [2.24, 2.45) is 5.92 Å². The summed E-state index contributed by atoms with van der Waals surface area (Å²) in [5.74, 6) is 0.325. The SMILES string of the molecule is CCc1cccc(-n2ccn(CC(C)C)c(=O)c2=O)c1. The zero-order valence-electron chi connectivity index (χ0n) is 12.2. The topological polar surface area (TPSA) is 44.0 Å². The standard InChI is InChI=1S/C16H20N2O2/c1-4-13-6-5-7-14(10-13)18-9-8-17(11-12(2)3)15(19)16(18)20/h5-10,12H,4,11H2,1-3H3. The van der Waals surface area contributed by atoms with Gasteiger partial charge in [0.05, 0.1) is 0 Å². The van der Waals surface area contributed by atoms with Gasteiger partial charge in [-0.05, 0) is 30.0 Å². The Balaban J connectivity index is 2.51. The van der Waals surface area contributed by atoms with Gasteiger partial charge in [-0.2, -0.15) is 0 Å². The van der Waals surface area contributed by atoms with Crippen molar-refractivity contribution < 1.29 is 0 Å². The van der Waals surface area contributed by atoms with Crippen LogP contribution in [-0.2, 0) is 13.0 Å². The van der Waals surface area contributed by atoms with E-state index >= 15 is 0 Å². The van der Waals surface area contributed by atoms with Crippen molar-refractivity contribution >= 4 is 0 Å². The van der Waals surface area contributed by atoms with Gasteiger partial charge in [-0.25, -0.2) is 0 Å². The number of rotatable bonds is 4. The van der Waals surface area contributed by atoms with E-state index in [1.807, 2.05) is 38.1 Å². The fourth-order valence-electron chi connectivity index (χ4n) is 2.18. The summed E-state index contributed by atoms with van der Waals surface area (Å²) in [6.07, 6.45) is 4.25. The van der Waals surface area contributed by atoms with Crippen molar-refractivity contribution in [2.75, 3.05) is 0 Å². The minimum Gasteiger partial charge on any atom is -0.309 e. The first kappa shape index (κ1) is 14.3. The van der Waals surface area contributed by atoms with Gasteiger partial charge in [0.15, 0.2) is 0 Å². The highest BCUT2D eigenvalue weighted by Gasteiger charge is 2.08. The van der Waals surface area contributed by atoms with Crippen LogP contribution >= 0.6 is 0 Å². The molecule has 2 rings (SSSR count). The van der Waals surface area contributed by atoms with E-state index in [2.05, 4.69) is 6.92 Å². The predicted octanol–water partition coefficient (Wildman–Crippen LogP) is 2.22. The second-order valence-electron chi connectivity index (χ2n) is 5.35. The molecule has 4 nitrogen and oxygen atoms in total. The lowest BCUT2D eigenvalue weighted by molar-refractivity contribution is 0.504. The predicted molar refractivity (Wildman–Crippen MR) is 80.5 cm³/mol. The van der Waals surface area contributed by atoms with E-state index in [1.54, 1.807) is 12.4 Å².